The molecule has 4 N–H and O–H groups in total. The van der Waals surface area contributed by atoms with Crippen molar-refractivity contribution in [1.82, 2.24) is 0 Å². The molecule has 0 saturated carbocycles. The molecule has 8 aromatic carbocycles. The predicted molar refractivity (Wildman–Crippen MR) is 275 cm³/mol. The summed E-state index contributed by atoms with van der Waals surface area (Å²) in [6.45, 7) is 3.11. The van der Waals surface area contributed by atoms with Crippen LogP contribution in [0.3, 0.4) is 0 Å². The van der Waals surface area contributed by atoms with Gasteiger partial charge in [0.25, 0.3) is 26.1 Å². The normalized spacial score (nSPS) is 11.9. The summed E-state index contributed by atoms with van der Waals surface area (Å²) in [5, 5.41) is 58.2. The third-order valence-corrected chi connectivity index (χ3v) is 13.3. The van der Waals surface area contributed by atoms with E-state index in [9.17, 15) is 46.1 Å². The Morgan fingerprint density at radius 2 is 1.10 bits per heavy atom. The Kier molecular flexibility index (Phi) is 17.8. The molecule has 0 spiro atoms. The van der Waals surface area contributed by atoms with Crippen LogP contribution in [0.1, 0.15) is 27.0 Å². The van der Waals surface area contributed by atoms with Crippen molar-refractivity contribution in [3.05, 3.63) is 166 Å². The molecular formula is C50H38CaCl2N6O12S2. The zero-order valence-corrected chi connectivity index (χ0v) is 44.1. The zero-order chi connectivity index (χ0) is 52.1. The molecular weight excluding hydrogens is 1050 g/mol. The minimum absolute atomic E-state index is 0. The van der Waals surface area contributed by atoms with Crippen LogP contribution in [0.5, 0.6) is 23.0 Å². The molecule has 1 amide bonds. The number of nitrogens with zero attached hydrogens (tertiary/aromatic N) is 5. The van der Waals surface area contributed by atoms with Gasteiger partial charge in [-0.2, -0.15) is 32.2 Å². The number of benzene rings is 8. The molecule has 0 aliphatic rings. The van der Waals surface area contributed by atoms with Crippen LogP contribution in [-0.2, 0) is 20.2 Å². The van der Waals surface area contributed by atoms with E-state index in [4.69, 9.17) is 32.7 Å². The first-order valence-corrected chi connectivity index (χ1v) is 24.5. The van der Waals surface area contributed by atoms with Crippen molar-refractivity contribution in [2.75, 3.05) is 19.5 Å². The third-order valence-electron chi connectivity index (χ3n) is 10.6. The van der Waals surface area contributed by atoms with Gasteiger partial charge in [-0.3, -0.25) is 18.9 Å². The fraction of sp³-hybridized carbons (Fsp3) is 0.0800. The molecule has 0 radical (unpaired) electrons. The Balaban J connectivity index is 0.000000235. The molecule has 0 heterocycles. The maximum atomic E-state index is 13.3. The molecule has 0 fully saturated rings. The van der Waals surface area contributed by atoms with Crippen molar-refractivity contribution >= 4 is 149 Å². The number of carbonyl (C=O) groups excluding carboxylic acids is 1. The van der Waals surface area contributed by atoms with Gasteiger partial charge < -0.3 is 30.1 Å². The largest absolute Gasteiger partial charge is 2.00 e. The van der Waals surface area contributed by atoms with Crippen molar-refractivity contribution in [2.24, 2.45) is 25.4 Å². The number of carbonyl (C=O) groups is 1. The minimum Gasteiger partial charge on any atom is -0.871 e. The number of hydrogen-bond acceptors (Lipinski definition) is 15. The second-order valence-corrected chi connectivity index (χ2v) is 19.1. The first kappa shape index (κ1) is 55.6. The van der Waals surface area contributed by atoms with Gasteiger partial charge in [-0.1, -0.05) is 89.6 Å². The number of halogens is 2. The standard InChI is InChI=1S/2C25H20ClN3O6S.Ca/c2*1-14-10-22(36(32,33)34)20(26)13-21(14)28-29-23-18-9-4-3-6-15(18)11-19(24(23)30)25(31)27-16-7-5-8-17(12-16)35-2;/h2*3-13,30H,1-2H3,(H,27,31)(H,32,33,34);/q;;+2/p-2. The Morgan fingerprint density at radius 3 is 1.63 bits per heavy atom. The number of azo groups is 2. The molecule has 8 aromatic rings. The Bertz CT molecular complexity index is 3790. The SMILES string of the molecule is COc1cccc(N=C([O-])c2cc3ccccc3c(N=Nc3cc(Cl)c(S(=O)(=O)O)cc3C)c2[O-])c1.COc1cccc(NC(=O)c2cc3ccccc3c(N=Nc3cc(Cl)c(S(=O)(=O)O)cc3C)c2O)c1.[Ca+2]. The number of aryl methyl sites for hydroxylation is 2. The molecule has 0 bridgehead atoms. The van der Waals surface area contributed by atoms with Gasteiger partial charge in [0.05, 0.1) is 52.6 Å². The molecule has 0 atom stereocenters. The number of rotatable bonds is 12. The van der Waals surface area contributed by atoms with Gasteiger partial charge in [-0.05, 0) is 108 Å². The Labute approximate surface area is 457 Å². The summed E-state index contributed by atoms with van der Waals surface area (Å²) in [6.07, 6.45) is 0. The molecule has 0 aliphatic heterocycles. The Morgan fingerprint density at radius 1 is 0.616 bits per heavy atom. The molecule has 0 saturated heterocycles. The topological polar surface area (TPSA) is 284 Å². The van der Waals surface area contributed by atoms with Gasteiger partial charge in [-0.15, -0.1) is 5.11 Å². The Hall–Kier alpha value is -6.72. The van der Waals surface area contributed by atoms with E-state index < -0.39 is 53.3 Å². The van der Waals surface area contributed by atoms with Crippen molar-refractivity contribution in [3.8, 4) is 23.0 Å². The number of aromatic hydroxyl groups is 1. The smallest absolute Gasteiger partial charge is 0.871 e. The number of amides is 1. The summed E-state index contributed by atoms with van der Waals surface area (Å²) < 4.78 is 74.9. The average Bonchev–Trinajstić information content (AvgIpc) is 3.34. The van der Waals surface area contributed by atoms with E-state index in [1.54, 1.807) is 117 Å². The van der Waals surface area contributed by atoms with Crippen LogP contribution in [0.25, 0.3) is 21.5 Å². The van der Waals surface area contributed by atoms with E-state index in [2.05, 4.69) is 30.8 Å². The third kappa shape index (κ3) is 13.1. The summed E-state index contributed by atoms with van der Waals surface area (Å²) in [5.74, 6) is -1.33. The number of ether oxygens (including phenoxy) is 2. The predicted octanol–water partition coefficient (Wildman–Crippen LogP) is 11.0. The number of nitrogens with one attached hydrogen (secondary N) is 1. The molecule has 23 heteroatoms. The molecule has 368 valence electrons. The maximum Gasteiger partial charge on any atom is 2.00 e. The van der Waals surface area contributed by atoms with E-state index in [1.165, 1.54) is 38.5 Å². The molecule has 18 nitrogen and oxygen atoms in total. The van der Waals surface area contributed by atoms with Crippen molar-refractivity contribution in [1.29, 1.82) is 0 Å². The summed E-state index contributed by atoms with van der Waals surface area (Å²) in [5.41, 5.74) is 1.61. The van der Waals surface area contributed by atoms with Gasteiger partial charge >= 0.3 is 37.7 Å². The van der Waals surface area contributed by atoms with E-state index in [0.29, 0.717) is 55.5 Å². The summed E-state index contributed by atoms with van der Waals surface area (Å²) in [7, 11) is -6.05. The second kappa shape index (κ2) is 23.4. The zero-order valence-electron chi connectivity index (χ0n) is 38.7. The van der Waals surface area contributed by atoms with Crippen LogP contribution in [0.4, 0.5) is 34.1 Å². The second-order valence-electron chi connectivity index (χ2n) is 15.5. The summed E-state index contributed by atoms with van der Waals surface area (Å²) in [4.78, 5) is 16.2. The van der Waals surface area contributed by atoms with Crippen LogP contribution in [-0.4, -0.2) is 94.8 Å². The van der Waals surface area contributed by atoms with E-state index >= 15 is 0 Å². The molecule has 73 heavy (non-hydrogen) atoms. The number of fused-ring (bicyclic) bond motifs is 2. The maximum absolute atomic E-state index is 13.3. The number of anilines is 1. The van der Waals surface area contributed by atoms with Crippen molar-refractivity contribution < 1.29 is 55.5 Å². The van der Waals surface area contributed by atoms with Gasteiger partial charge in [0.1, 0.15) is 27.0 Å². The van der Waals surface area contributed by atoms with Crippen LogP contribution in [0.2, 0.25) is 10.0 Å². The van der Waals surface area contributed by atoms with Gasteiger partial charge in [-0.25, -0.2) is 0 Å². The summed E-state index contributed by atoms with van der Waals surface area (Å²) in [6, 6.07) is 34.9. The molecule has 8 rings (SSSR count). The summed E-state index contributed by atoms with van der Waals surface area (Å²) >= 11 is 12.0. The molecule has 0 aliphatic carbocycles. The van der Waals surface area contributed by atoms with E-state index in [-0.39, 0.29) is 81.7 Å². The van der Waals surface area contributed by atoms with Gasteiger partial charge in [0, 0.05) is 28.6 Å². The number of phenols is 1. The molecule has 0 unspecified atom stereocenters. The monoisotopic (exact) mass is 1090 g/mol. The molecule has 0 aromatic heterocycles. The first-order valence-electron chi connectivity index (χ1n) is 20.9. The number of hydrogen-bond donors (Lipinski definition) is 4. The number of phenolic OH excluding ortho intramolecular Hbond substituents is 1. The number of methoxy groups -OCH3 is 2. The number of aliphatic imine (C=N–C) groups is 1. The van der Waals surface area contributed by atoms with Crippen LogP contribution >= 0.6 is 23.2 Å². The van der Waals surface area contributed by atoms with Crippen LogP contribution in [0.15, 0.2) is 169 Å². The van der Waals surface area contributed by atoms with E-state index in [1.807, 2.05) is 0 Å². The fourth-order valence-corrected chi connectivity index (χ4v) is 9.19. The quantitative estimate of drug-likeness (QED) is 0.0292. The van der Waals surface area contributed by atoms with Crippen molar-refractivity contribution in [2.45, 2.75) is 23.6 Å². The fourth-order valence-electron chi connectivity index (χ4n) is 7.02. The van der Waals surface area contributed by atoms with Crippen molar-refractivity contribution in [3.63, 3.8) is 0 Å². The van der Waals surface area contributed by atoms with Gasteiger partial charge in [0.2, 0.25) is 0 Å². The average molecular weight is 1090 g/mol. The van der Waals surface area contributed by atoms with Gasteiger partial charge in [0.15, 0.2) is 5.75 Å². The van der Waals surface area contributed by atoms with Crippen LogP contribution < -0.4 is 25.0 Å². The minimum atomic E-state index is -4.53. The van der Waals surface area contributed by atoms with Crippen LogP contribution in [0, 0.1) is 13.8 Å². The first-order chi connectivity index (χ1) is 34.2. The van der Waals surface area contributed by atoms with E-state index in [0.717, 1.165) is 6.07 Å².